The first-order valence-corrected chi connectivity index (χ1v) is 5.26. The number of hydrogen-bond acceptors (Lipinski definition) is 2. The van der Waals surface area contributed by atoms with E-state index in [4.69, 9.17) is 5.73 Å². The van der Waals surface area contributed by atoms with Crippen molar-refractivity contribution in [1.29, 1.82) is 0 Å². The van der Waals surface area contributed by atoms with Gasteiger partial charge in [0.2, 0.25) is 0 Å². The molecule has 2 nitrogen and oxygen atoms in total. The molecule has 0 aliphatic heterocycles. The van der Waals surface area contributed by atoms with E-state index in [0.717, 1.165) is 12.1 Å². The van der Waals surface area contributed by atoms with Gasteiger partial charge in [0.25, 0.3) is 0 Å². The van der Waals surface area contributed by atoms with E-state index in [2.05, 4.69) is 4.74 Å². The van der Waals surface area contributed by atoms with Gasteiger partial charge in [0, 0.05) is 17.3 Å². The van der Waals surface area contributed by atoms with E-state index in [-0.39, 0.29) is 5.69 Å². The van der Waals surface area contributed by atoms with Crippen molar-refractivity contribution in [2.24, 2.45) is 0 Å². The maximum atomic E-state index is 13.1. The van der Waals surface area contributed by atoms with Crippen molar-refractivity contribution < 1.29 is 22.3 Å². The van der Waals surface area contributed by atoms with Crippen LogP contribution in [0.25, 0.3) is 11.1 Å². The molecule has 0 fully saturated rings. The molecule has 100 valence electrons. The number of ether oxygens (including phenoxy) is 1. The van der Waals surface area contributed by atoms with Gasteiger partial charge in [-0.25, -0.2) is 4.39 Å². The highest BCUT2D eigenvalue weighted by atomic mass is 19.4. The molecule has 0 spiro atoms. The zero-order valence-electron chi connectivity index (χ0n) is 9.54. The van der Waals surface area contributed by atoms with Crippen molar-refractivity contribution in [3.63, 3.8) is 0 Å². The highest BCUT2D eigenvalue weighted by molar-refractivity contribution is 5.77. The molecule has 6 heteroatoms. The van der Waals surface area contributed by atoms with Crippen LogP contribution >= 0.6 is 0 Å². The molecule has 0 amide bonds. The van der Waals surface area contributed by atoms with Crippen LogP contribution in [0.2, 0.25) is 0 Å². The fourth-order valence-corrected chi connectivity index (χ4v) is 1.66. The number of halogens is 4. The molecule has 0 aliphatic rings. The Balaban J connectivity index is 2.34. The number of nitrogens with two attached hydrogens (primary N) is 1. The van der Waals surface area contributed by atoms with Gasteiger partial charge < -0.3 is 10.5 Å². The molecule has 0 aromatic heterocycles. The quantitative estimate of drug-likeness (QED) is 0.662. The third kappa shape index (κ3) is 3.37. The Labute approximate surface area is 106 Å². The number of alkyl halides is 3. The van der Waals surface area contributed by atoms with E-state index >= 15 is 0 Å². The van der Waals surface area contributed by atoms with Gasteiger partial charge in [0.05, 0.1) is 0 Å². The predicted molar refractivity (Wildman–Crippen MR) is 62.9 cm³/mol. The van der Waals surface area contributed by atoms with Gasteiger partial charge in [0.15, 0.2) is 0 Å². The smallest absolute Gasteiger partial charge is 0.406 e. The van der Waals surface area contributed by atoms with Crippen LogP contribution in [0, 0.1) is 5.82 Å². The standard InChI is InChI=1S/C13H9F4NO/c14-9-3-1-2-8(6-9)11-5-4-10(7-12(11)18)19-13(15,16)17/h1-7H,18H2. The summed E-state index contributed by atoms with van der Waals surface area (Å²) in [5.41, 5.74) is 6.65. The number of hydrogen-bond donors (Lipinski definition) is 1. The van der Waals surface area contributed by atoms with Gasteiger partial charge in [-0.15, -0.1) is 13.2 Å². The molecule has 2 rings (SSSR count). The van der Waals surface area contributed by atoms with Crippen LogP contribution in [0.3, 0.4) is 0 Å². The van der Waals surface area contributed by atoms with E-state index in [1.165, 1.54) is 24.3 Å². The summed E-state index contributed by atoms with van der Waals surface area (Å²) in [6.45, 7) is 0. The third-order valence-electron chi connectivity index (χ3n) is 2.39. The number of nitrogen functional groups attached to an aromatic ring is 1. The minimum atomic E-state index is -4.77. The molecule has 0 atom stereocenters. The maximum absolute atomic E-state index is 13.1. The van der Waals surface area contributed by atoms with Crippen LogP contribution in [-0.4, -0.2) is 6.36 Å². The fraction of sp³-hybridized carbons (Fsp3) is 0.0769. The van der Waals surface area contributed by atoms with Crippen molar-refractivity contribution >= 4 is 5.69 Å². The summed E-state index contributed by atoms with van der Waals surface area (Å²) in [6.07, 6.45) is -4.77. The topological polar surface area (TPSA) is 35.2 Å². The van der Waals surface area contributed by atoms with E-state index in [1.807, 2.05) is 0 Å². The second-order valence-electron chi connectivity index (χ2n) is 3.81. The Bertz CT molecular complexity index is 595. The Hall–Kier alpha value is -2.24. The molecule has 0 bridgehead atoms. The summed E-state index contributed by atoms with van der Waals surface area (Å²) in [7, 11) is 0. The molecular formula is C13H9F4NO. The zero-order chi connectivity index (χ0) is 14.0. The second-order valence-corrected chi connectivity index (χ2v) is 3.81. The van der Waals surface area contributed by atoms with E-state index in [1.54, 1.807) is 6.07 Å². The van der Waals surface area contributed by atoms with Crippen molar-refractivity contribution in [1.82, 2.24) is 0 Å². The summed E-state index contributed by atoms with van der Waals surface area (Å²) in [5.74, 6) is -0.863. The Morgan fingerprint density at radius 2 is 1.74 bits per heavy atom. The molecule has 2 aromatic rings. The lowest BCUT2D eigenvalue weighted by molar-refractivity contribution is -0.274. The molecule has 0 aliphatic carbocycles. The van der Waals surface area contributed by atoms with E-state index in [0.29, 0.717) is 11.1 Å². The molecule has 0 radical (unpaired) electrons. The first-order chi connectivity index (χ1) is 8.85. The van der Waals surface area contributed by atoms with Crippen LogP contribution in [-0.2, 0) is 0 Å². The summed E-state index contributed by atoms with van der Waals surface area (Å²) in [6, 6.07) is 9.14. The summed E-state index contributed by atoms with van der Waals surface area (Å²) >= 11 is 0. The first-order valence-electron chi connectivity index (χ1n) is 5.26. The lowest BCUT2D eigenvalue weighted by atomic mass is 10.0. The molecule has 0 saturated heterocycles. The first kappa shape index (κ1) is 13.2. The Morgan fingerprint density at radius 3 is 2.32 bits per heavy atom. The zero-order valence-corrected chi connectivity index (χ0v) is 9.54. The van der Waals surface area contributed by atoms with Crippen LogP contribution in [0.15, 0.2) is 42.5 Å². The van der Waals surface area contributed by atoms with E-state index < -0.39 is 17.9 Å². The van der Waals surface area contributed by atoms with Gasteiger partial charge in [-0.3, -0.25) is 0 Å². The molecule has 19 heavy (non-hydrogen) atoms. The maximum Gasteiger partial charge on any atom is 0.573 e. The minimum Gasteiger partial charge on any atom is -0.406 e. The molecule has 0 saturated carbocycles. The summed E-state index contributed by atoms with van der Waals surface area (Å²) in [4.78, 5) is 0. The number of anilines is 1. The third-order valence-corrected chi connectivity index (χ3v) is 2.39. The second kappa shape index (κ2) is 4.79. The molecule has 2 aromatic carbocycles. The minimum absolute atomic E-state index is 0.0763. The number of rotatable bonds is 2. The summed E-state index contributed by atoms with van der Waals surface area (Å²) in [5, 5.41) is 0. The van der Waals surface area contributed by atoms with Gasteiger partial charge in [-0.1, -0.05) is 12.1 Å². The Kier molecular flexibility index (Phi) is 3.33. The summed E-state index contributed by atoms with van der Waals surface area (Å²) < 4.78 is 52.9. The fourth-order valence-electron chi connectivity index (χ4n) is 1.66. The van der Waals surface area contributed by atoms with Crippen LogP contribution < -0.4 is 10.5 Å². The normalized spacial score (nSPS) is 11.4. The van der Waals surface area contributed by atoms with Crippen molar-refractivity contribution in [3.05, 3.63) is 48.3 Å². The van der Waals surface area contributed by atoms with Crippen molar-refractivity contribution in [2.75, 3.05) is 5.73 Å². The van der Waals surface area contributed by atoms with Gasteiger partial charge >= 0.3 is 6.36 Å². The molecule has 0 heterocycles. The SMILES string of the molecule is Nc1cc(OC(F)(F)F)ccc1-c1cccc(F)c1. The van der Waals surface area contributed by atoms with Gasteiger partial charge in [-0.2, -0.15) is 0 Å². The van der Waals surface area contributed by atoms with Crippen LogP contribution in [0.5, 0.6) is 5.75 Å². The van der Waals surface area contributed by atoms with Gasteiger partial charge in [0.1, 0.15) is 11.6 Å². The monoisotopic (exact) mass is 271 g/mol. The Morgan fingerprint density at radius 1 is 1.00 bits per heavy atom. The highest BCUT2D eigenvalue weighted by Gasteiger charge is 2.31. The lowest BCUT2D eigenvalue weighted by Crippen LogP contribution is -2.17. The average Bonchev–Trinajstić information content (AvgIpc) is 2.26. The van der Waals surface area contributed by atoms with Crippen LogP contribution in [0.1, 0.15) is 0 Å². The van der Waals surface area contributed by atoms with Crippen molar-refractivity contribution in [3.8, 4) is 16.9 Å². The van der Waals surface area contributed by atoms with Crippen LogP contribution in [0.4, 0.5) is 23.2 Å². The van der Waals surface area contributed by atoms with Gasteiger partial charge in [-0.05, 0) is 29.8 Å². The predicted octanol–water partition coefficient (Wildman–Crippen LogP) is 3.97. The molecular weight excluding hydrogens is 262 g/mol. The highest BCUT2D eigenvalue weighted by Crippen LogP contribution is 2.31. The lowest BCUT2D eigenvalue weighted by Gasteiger charge is -2.11. The largest absolute Gasteiger partial charge is 0.573 e. The number of benzene rings is 2. The average molecular weight is 271 g/mol. The molecule has 2 N–H and O–H groups in total. The van der Waals surface area contributed by atoms with E-state index in [9.17, 15) is 17.6 Å². The molecule has 0 unspecified atom stereocenters. The van der Waals surface area contributed by atoms with Crippen molar-refractivity contribution in [2.45, 2.75) is 6.36 Å².